The number of carbonyl (C=O) groups is 1. The summed E-state index contributed by atoms with van der Waals surface area (Å²) >= 11 is 0. The highest BCUT2D eigenvalue weighted by Crippen LogP contribution is 2.26. The van der Waals surface area contributed by atoms with Crippen LogP contribution in [0.3, 0.4) is 0 Å². The van der Waals surface area contributed by atoms with Crippen molar-refractivity contribution in [3.05, 3.63) is 122 Å². The maximum atomic E-state index is 12.9. The third-order valence-electron chi connectivity index (χ3n) is 11.1. The van der Waals surface area contributed by atoms with Gasteiger partial charge in [-0.05, 0) is 103 Å². The molecule has 1 heterocycles. The average molecular weight is 1000 g/mol. The van der Waals surface area contributed by atoms with Crippen LogP contribution in [-0.2, 0) is 38.3 Å². The number of aliphatic hydroxyl groups excluding tert-OH is 3. The fraction of sp³-hybridized carbons (Fsp3) is 0.632. The minimum Gasteiger partial charge on any atom is -0.457 e. The molecule has 0 aromatic carbocycles. The van der Waals surface area contributed by atoms with Gasteiger partial charge in [-0.15, -0.1) is 0 Å². The molecular formula is C57H92O12S. The Morgan fingerprint density at radius 3 is 1.37 bits per heavy atom. The SMILES string of the molecule is CC/C=C\C/C=C\C/C=C\C/C=C\C/C=C\C/C=C\CCCCCCCCCOCC(COC1OC(CO)C(O)C(OS(=O)(=O)O)C1O)OC(=O)CCCCCC/C=C\C/C=C\C/C=C\C/C=C\CC. The van der Waals surface area contributed by atoms with Gasteiger partial charge >= 0.3 is 16.4 Å². The zero-order valence-electron chi connectivity index (χ0n) is 42.8. The molecule has 6 atom stereocenters. The van der Waals surface area contributed by atoms with E-state index in [2.05, 4.69) is 140 Å². The van der Waals surface area contributed by atoms with Gasteiger partial charge in [-0.25, -0.2) is 4.18 Å². The standard InChI is InChI=1S/C57H92O12S/c1-3-5-7-9-11-13-15-17-19-21-22-23-24-25-26-27-28-29-31-33-35-37-39-41-43-45-47-65-49-51(50-66-57-55(61)56(69-70(62,63)64)54(60)52(48-58)68-57)67-53(59)46-44-42-40-38-36-34-32-30-20-18-16-14-12-10-8-6-4-2/h5-8,11-14,17-20,22-23,25-26,28-29,32,34,51-52,54-58,60-61H,3-4,9-10,15-16,21,24,27,30-31,33,35-50H2,1-2H3,(H,62,63,64)/b7-5-,8-6-,13-11-,14-12-,19-17-,20-18-,23-22-,26-25-,29-28-,34-32-. The van der Waals surface area contributed by atoms with Crippen LogP contribution in [0.4, 0.5) is 0 Å². The normalized spacial score (nSPS) is 20.1. The molecule has 0 aromatic rings. The molecule has 0 radical (unpaired) electrons. The van der Waals surface area contributed by atoms with Gasteiger partial charge in [0.05, 0.1) is 19.8 Å². The van der Waals surface area contributed by atoms with Crippen molar-refractivity contribution in [2.75, 3.05) is 26.4 Å². The van der Waals surface area contributed by atoms with Gasteiger partial charge in [-0.3, -0.25) is 9.35 Å². The Hall–Kier alpha value is -3.50. The van der Waals surface area contributed by atoms with Crippen LogP contribution < -0.4 is 0 Å². The molecule has 4 N–H and O–H groups in total. The lowest BCUT2D eigenvalue weighted by molar-refractivity contribution is -0.301. The maximum Gasteiger partial charge on any atom is 0.397 e. The smallest absolute Gasteiger partial charge is 0.397 e. The van der Waals surface area contributed by atoms with Crippen molar-refractivity contribution in [1.29, 1.82) is 0 Å². The Labute approximate surface area is 423 Å². The van der Waals surface area contributed by atoms with Gasteiger partial charge < -0.3 is 34.3 Å². The van der Waals surface area contributed by atoms with E-state index < -0.39 is 59.8 Å². The molecule has 1 saturated heterocycles. The fourth-order valence-corrected chi connectivity index (χ4v) is 7.70. The van der Waals surface area contributed by atoms with Crippen LogP contribution in [0.2, 0.25) is 0 Å². The topological polar surface area (TPSA) is 178 Å². The fourth-order valence-electron chi connectivity index (χ4n) is 7.20. The predicted octanol–water partition coefficient (Wildman–Crippen LogP) is 12.5. The van der Waals surface area contributed by atoms with Gasteiger partial charge in [0.25, 0.3) is 0 Å². The summed E-state index contributed by atoms with van der Waals surface area (Å²) < 4.78 is 59.3. The van der Waals surface area contributed by atoms with Gasteiger partial charge in [0.15, 0.2) is 6.29 Å². The molecule has 13 heteroatoms. The van der Waals surface area contributed by atoms with Crippen molar-refractivity contribution < 1.29 is 56.2 Å². The van der Waals surface area contributed by atoms with E-state index >= 15 is 0 Å². The molecule has 1 rings (SSSR count). The first-order chi connectivity index (χ1) is 34.1. The Balaban J connectivity index is 2.37. The molecule has 0 bridgehead atoms. The van der Waals surface area contributed by atoms with E-state index in [0.29, 0.717) is 13.0 Å². The van der Waals surface area contributed by atoms with E-state index in [1.165, 1.54) is 19.3 Å². The molecule has 70 heavy (non-hydrogen) atoms. The lowest BCUT2D eigenvalue weighted by atomic mass is 9.99. The van der Waals surface area contributed by atoms with Crippen LogP contribution in [0, 0.1) is 0 Å². The van der Waals surface area contributed by atoms with Gasteiger partial charge in [0.1, 0.15) is 30.5 Å². The lowest BCUT2D eigenvalue weighted by Gasteiger charge is -2.41. The predicted molar refractivity (Wildman–Crippen MR) is 284 cm³/mol. The molecule has 398 valence electrons. The van der Waals surface area contributed by atoms with Gasteiger partial charge in [0.2, 0.25) is 0 Å². The zero-order chi connectivity index (χ0) is 51.0. The highest BCUT2D eigenvalue weighted by atomic mass is 32.3. The van der Waals surface area contributed by atoms with Crippen LogP contribution in [-0.4, -0.2) is 97.5 Å². The van der Waals surface area contributed by atoms with Crippen molar-refractivity contribution >= 4 is 16.4 Å². The minimum absolute atomic E-state index is 0.00895. The van der Waals surface area contributed by atoms with Crippen molar-refractivity contribution in [2.24, 2.45) is 0 Å². The molecule has 1 fully saturated rings. The van der Waals surface area contributed by atoms with Crippen LogP contribution in [0.25, 0.3) is 0 Å². The second-order valence-electron chi connectivity index (χ2n) is 17.3. The Kier molecular flexibility index (Phi) is 42.9. The molecule has 12 nitrogen and oxygen atoms in total. The monoisotopic (exact) mass is 1000 g/mol. The molecule has 0 spiro atoms. The highest BCUT2D eigenvalue weighted by molar-refractivity contribution is 7.80. The van der Waals surface area contributed by atoms with Crippen LogP contribution >= 0.6 is 0 Å². The van der Waals surface area contributed by atoms with Gasteiger partial charge in [0, 0.05) is 13.0 Å². The molecule has 0 aliphatic carbocycles. The van der Waals surface area contributed by atoms with Crippen molar-refractivity contribution in [3.63, 3.8) is 0 Å². The molecule has 0 saturated carbocycles. The van der Waals surface area contributed by atoms with Crippen molar-refractivity contribution in [1.82, 2.24) is 0 Å². The first-order valence-electron chi connectivity index (χ1n) is 26.3. The van der Waals surface area contributed by atoms with Crippen LogP contribution in [0.1, 0.15) is 168 Å². The second kappa shape index (κ2) is 46.6. The molecule has 0 aromatic heterocycles. The Bertz CT molecular complexity index is 1670. The number of aliphatic hydroxyl groups is 3. The number of rotatable bonds is 44. The summed E-state index contributed by atoms with van der Waals surface area (Å²) in [5.74, 6) is -0.432. The summed E-state index contributed by atoms with van der Waals surface area (Å²) in [5.41, 5.74) is 0. The van der Waals surface area contributed by atoms with E-state index in [4.69, 9.17) is 18.9 Å². The Morgan fingerprint density at radius 2 is 0.943 bits per heavy atom. The summed E-state index contributed by atoms with van der Waals surface area (Å²) in [6, 6.07) is 0. The van der Waals surface area contributed by atoms with Gasteiger partial charge in [-0.2, -0.15) is 8.42 Å². The summed E-state index contributed by atoms with van der Waals surface area (Å²) in [5, 5.41) is 30.8. The summed E-state index contributed by atoms with van der Waals surface area (Å²) in [7, 11) is -5.08. The first kappa shape index (κ1) is 64.5. The maximum absolute atomic E-state index is 12.9. The zero-order valence-corrected chi connectivity index (χ0v) is 43.6. The van der Waals surface area contributed by atoms with Crippen LogP contribution in [0.15, 0.2) is 122 Å². The van der Waals surface area contributed by atoms with Crippen molar-refractivity contribution in [3.8, 4) is 0 Å². The van der Waals surface area contributed by atoms with E-state index in [1.807, 2.05) is 0 Å². The quantitative estimate of drug-likeness (QED) is 0.0197. The highest BCUT2D eigenvalue weighted by Gasteiger charge is 2.48. The van der Waals surface area contributed by atoms with E-state index in [9.17, 15) is 33.1 Å². The molecule has 1 aliphatic rings. The number of carbonyl (C=O) groups excluding carboxylic acids is 1. The summed E-state index contributed by atoms with van der Waals surface area (Å²) in [6.07, 6.45) is 58.0. The summed E-state index contributed by atoms with van der Waals surface area (Å²) in [6.45, 7) is 3.68. The first-order valence-corrected chi connectivity index (χ1v) is 27.7. The van der Waals surface area contributed by atoms with Crippen LogP contribution in [0.5, 0.6) is 0 Å². The van der Waals surface area contributed by atoms with E-state index in [0.717, 1.165) is 122 Å². The minimum atomic E-state index is -5.08. The third kappa shape index (κ3) is 39.2. The second-order valence-corrected chi connectivity index (χ2v) is 18.4. The lowest BCUT2D eigenvalue weighted by Crippen LogP contribution is -2.60. The number of esters is 1. The number of allylic oxidation sites excluding steroid dienone is 20. The average Bonchev–Trinajstić information content (AvgIpc) is 3.34. The number of hydrogen-bond acceptors (Lipinski definition) is 11. The Morgan fingerprint density at radius 1 is 0.543 bits per heavy atom. The molecule has 1 aliphatic heterocycles. The van der Waals surface area contributed by atoms with Crippen molar-refractivity contribution in [2.45, 2.75) is 205 Å². The molecule has 0 amide bonds. The number of unbranched alkanes of at least 4 members (excludes halogenated alkanes) is 11. The van der Waals surface area contributed by atoms with E-state index in [1.54, 1.807) is 0 Å². The van der Waals surface area contributed by atoms with Gasteiger partial charge in [-0.1, -0.05) is 180 Å². The number of hydrogen-bond donors (Lipinski definition) is 4. The largest absolute Gasteiger partial charge is 0.457 e. The molecule has 6 unspecified atom stereocenters. The third-order valence-corrected chi connectivity index (χ3v) is 11.5. The summed E-state index contributed by atoms with van der Waals surface area (Å²) in [4.78, 5) is 12.9. The number of ether oxygens (including phenoxy) is 4. The molecular weight excluding hydrogens is 909 g/mol. The van der Waals surface area contributed by atoms with E-state index in [-0.39, 0.29) is 19.6 Å².